The molecule has 38 heavy (non-hydrogen) atoms. The lowest BCUT2D eigenvalue weighted by Gasteiger charge is -2.63. The van der Waals surface area contributed by atoms with E-state index >= 15 is 0 Å². The number of halogens is 5. The zero-order valence-electron chi connectivity index (χ0n) is 20.2. The second-order valence-electron chi connectivity index (χ2n) is 10.4. The van der Waals surface area contributed by atoms with E-state index in [1.165, 1.54) is 24.3 Å². The highest BCUT2D eigenvalue weighted by molar-refractivity contribution is 6.31. The Balaban J connectivity index is 1.49. The summed E-state index contributed by atoms with van der Waals surface area (Å²) in [6.45, 7) is 3.31. The molecular weight excluding hydrogens is 522 g/mol. The first kappa shape index (κ1) is 26.2. The Morgan fingerprint density at radius 1 is 1.16 bits per heavy atom. The number of aliphatic hydroxyl groups is 1. The summed E-state index contributed by atoms with van der Waals surface area (Å²) in [5.74, 6) is -2.70. The zero-order valence-corrected chi connectivity index (χ0v) is 21.0. The van der Waals surface area contributed by atoms with Gasteiger partial charge in [-0.2, -0.15) is 4.73 Å². The fourth-order valence-electron chi connectivity index (χ4n) is 5.90. The van der Waals surface area contributed by atoms with Crippen molar-refractivity contribution in [1.82, 2.24) is 0 Å². The van der Waals surface area contributed by atoms with E-state index in [1.54, 1.807) is 0 Å². The van der Waals surface area contributed by atoms with Crippen LogP contribution in [-0.2, 0) is 11.2 Å². The van der Waals surface area contributed by atoms with Crippen molar-refractivity contribution in [2.45, 2.75) is 44.4 Å². The number of benzene rings is 2. The average molecular weight is 546 g/mol. The zero-order chi connectivity index (χ0) is 27.4. The molecule has 3 aromatic rings. The summed E-state index contributed by atoms with van der Waals surface area (Å²) in [5, 5.41) is 22.3. The number of carbonyl (C=O) groups excluding carboxylic acids is 1. The number of carbonyl (C=O) groups is 1. The summed E-state index contributed by atoms with van der Waals surface area (Å²) >= 11 is 5.82. The van der Waals surface area contributed by atoms with Gasteiger partial charge in [0, 0.05) is 23.6 Å². The molecule has 3 aliphatic rings. The highest BCUT2D eigenvalue weighted by Gasteiger charge is 2.58. The summed E-state index contributed by atoms with van der Waals surface area (Å²) in [4.78, 5) is 13.5. The molecule has 0 saturated heterocycles. The van der Waals surface area contributed by atoms with Crippen molar-refractivity contribution in [3.8, 4) is 11.1 Å². The van der Waals surface area contributed by atoms with Gasteiger partial charge in [0.2, 0.25) is 5.69 Å². The van der Waals surface area contributed by atoms with Gasteiger partial charge in [0.1, 0.15) is 23.3 Å². The van der Waals surface area contributed by atoms with Gasteiger partial charge in [0.15, 0.2) is 12.0 Å². The lowest BCUT2D eigenvalue weighted by Crippen LogP contribution is -2.53. The van der Waals surface area contributed by atoms with Crippen molar-refractivity contribution >= 4 is 23.1 Å². The topological polar surface area (TPSA) is 64.2 Å². The van der Waals surface area contributed by atoms with E-state index in [-0.39, 0.29) is 39.5 Å². The first-order valence-corrected chi connectivity index (χ1v) is 12.5. The number of nitrogens with zero attached hydrogens (tertiary/aromatic N) is 1. The van der Waals surface area contributed by atoms with Crippen molar-refractivity contribution in [2.75, 3.05) is 0 Å². The van der Waals surface area contributed by atoms with Crippen LogP contribution in [0.1, 0.15) is 60.4 Å². The van der Waals surface area contributed by atoms with E-state index in [0.29, 0.717) is 22.6 Å². The normalized spacial score (nSPS) is 20.5. The Bertz CT molecular complexity index is 1440. The number of hydrogen-bond acceptors (Lipinski definition) is 3. The van der Waals surface area contributed by atoms with Crippen LogP contribution in [0.3, 0.4) is 0 Å². The molecular formula is C29H24ClF4NO3. The van der Waals surface area contributed by atoms with E-state index in [2.05, 4.69) is 6.58 Å². The minimum absolute atomic E-state index is 0.0255. The Morgan fingerprint density at radius 2 is 1.87 bits per heavy atom. The highest BCUT2D eigenvalue weighted by atomic mass is 35.5. The smallest absolute Gasteiger partial charge is 0.264 e. The Kier molecular flexibility index (Phi) is 6.71. The fourth-order valence-corrected chi connectivity index (χ4v) is 6.06. The number of ketones is 1. The van der Waals surface area contributed by atoms with E-state index in [0.717, 1.165) is 43.7 Å². The standard InChI is InChI=1S/C29H24ClF4NO3/c1-15(36)19-4-2-16(8-23(19)31)9-25(37)21(13-29-10-17(11-29)12-29)24-7-3-18(14-35(24)38)26-20(28(33)34)5-6-22(30)27(26)32/h2-8,14,17,21,28,36H,1,9-13H2. The first-order valence-electron chi connectivity index (χ1n) is 12.2. The number of hydrogen-bond donors (Lipinski definition) is 1. The molecule has 3 saturated carbocycles. The minimum atomic E-state index is -3.00. The molecule has 2 bridgehead atoms. The number of aromatic nitrogens is 1. The molecule has 0 spiro atoms. The quantitative estimate of drug-likeness (QED) is 0.131. The van der Waals surface area contributed by atoms with Crippen LogP contribution in [0, 0.1) is 28.2 Å². The Morgan fingerprint density at radius 3 is 2.42 bits per heavy atom. The predicted molar refractivity (Wildman–Crippen MR) is 135 cm³/mol. The van der Waals surface area contributed by atoms with Crippen LogP contribution in [0.5, 0.6) is 0 Å². The molecule has 1 atom stereocenters. The van der Waals surface area contributed by atoms with E-state index in [9.17, 15) is 32.7 Å². The molecule has 4 nitrogen and oxygen atoms in total. The maximum atomic E-state index is 14.8. The molecule has 1 unspecified atom stereocenters. The van der Waals surface area contributed by atoms with Gasteiger partial charge < -0.3 is 10.3 Å². The van der Waals surface area contributed by atoms with Crippen molar-refractivity contribution in [1.29, 1.82) is 0 Å². The first-order chi connectivity index (χ1) is 18.0. The van der Waals surface area contributed by atoms with Crippen molar-refractivity contribution in [3.63, 3.8) is 0 Å². The molecule has 0 radical (unpaired) electrons. The monoisotopic (exact) mass is 545 g/mol. The summed E-state index contributed by atoms with van der Waals surface area (Å²) < 4.78 is 56.8. The maximum absolute atomic E-state index is 14.8. The van der Waals surface area contributed by atoms with Crippen LogP contribution in [0.4, 0.5) is 17.6 Å². The lowest BCUT2D eigenvalue weighted by molar-refractivity contribution is -0.614. The number of Topliss-reactive ketones (excluding diaryl/α,β-unsaturated/α-hetero) is 1. The Hall–Kier alpha value is -3.39. The van der Waals surface area contributed by atoms with Gasteiger partial charge in [-0.05, 0) is 66.8 Å². The van der Waals surface area contributed by atoms with Crippen molar-refractivity contribution in [3.05, 3.63) is 99.5 Å². The van der Waals surface area contributed by atoms with Gasteiger partial charge in [-0.25, -0.2) is 17.6 Å². The van der Waals surface area contributed by atoms with Crippen molar-refractivity contribution < 1.29 is 32.2 Å². The van der Waals surface area contributed by atoms with E-state index in [4.69, 9.17) is 11.6 Å². The molecule has 3 aliphatic carbocycles. The third-order valence-electron chi connectivity index (χ3n) is 7.87. The van der Waals surface area contributed by atoms with Crippen LogP contribution in [0.25, 0.3) is 16.9 Å². The van der Waals surface area contributed by atoms with Gasteiger partial charge in [-0.15, -0.1) is 0 Å². The van der Waals surface area contributed by atoms with E-state index in [1.807, 2.05) is 0 Å². The molecule has 0 amide bonds. The minimum Gasteiger partial charge on any atom is -0.618 e. The average Bonchev–Trinajstić information content (AvgIpc) is 2.79. The van der Waals surface area contributed by atoms with Gasteiger partial charge in [0.05, 0.1) is 16.1 Å². The molecule has 0 aliphatic heterocycles. The molecule has 198 valence electrons. The summed E-state index contributed by atoms with van der Waals surface area (Å²) in [6.07, 6.45) is 1.19. The molecule has 6 rings (SSSR count). The molecule has 1 heterocycles. The van der Waals surface area contributed by atoms with Crippen LogP contribution >= 0.6 is 11.6 Å². The third-order valence-corrected chi connectivity index (χ3v) is 8.16. The molecule has 2 aromatic carbocycles. The van der Waals surface area contributed by atoms with Gasteiger partial charge in [0.25, 0.3) is 6.43 Å². The summed E-state index contributed by atoms with van der Waals surface area (Å²) in [5.41, 5.74) is -0.762. The van der Waals surface area contributed by atoms with Gasteiger partial charge in [-0.1, -0.05) is 30.3 Å². The summed E-state index contributed by atoms with van der Waals surface area (Å²) in [7, 11) is 0. The fraction of sp³-hybridized carbons (Fsp3) is 0.310. The van der Waals surface area contributed by atoms with Crippen molar-refractivity contribution in [2.24, 2.45) is 11.3 Å². The molecule has 1 N–H and O–H groups in total. The van der Waals surface area contributed by atoms with E-state index < -0.39 is 40.9 Å². The van der Waals surface area contributed by atoms with Crippen LogP contribution in [0.15, 0.2) is 55.2 Å². The second-order valence-corrected chi connectivity index (χ2v) is 10.8. The highest BCUT2D eigenvalue weighted by Crippen LogP contribution is 2.67. The number of alkyl halides is 2. The Labute approximate surface area is 221 Å². The molecule has 1 aromatic heterocycles. The van der Waals surface area contributed by atoms with Crippen LogP contribution in [0.2, 0.25) is 5.02 Å². The second kappa shape index (κ2) is 9.73. The third kappa shape index (κ3) is 4.66. The van der Waals surface area contributed by atoms with Gasteiger partial charge in [-0.3, -0.25) is 4.79 Å². The number of aliphatic hydroxyl groups excluding tert-OH is 1. The maximum Gasteiger partial charge on any atom is 0.264 e. The largest absolute Gasteiger partial charge is 0.618 e. The number of rotatable bonds is 9. The SMILES string of the molecule is C=C(O)c1ccc(CC(=O)C(CC23CC(C2)C3)c2ccc(-c3c(C(F)F)ccc(Cl)c3F)c[n+]2[O-])cc1F. The lowest BCUT2D eigenvalue weighted by atomic mass is 9.42. The number of pyridine rings is 1. The summed E-state index contributed by atoms with van der Waals surface area (Å²) in [6, 6.07) is 8.75. The van der Waals surface area contributed by atoms with Crippen LogP contribution < -0.4 is 4.73 Å². The molecule has 3 fully saturated rings. The van der Waals surface area contributed by atoms with Crippen LogP contribution in [-0.4, -0.2) is 10.9 Å². The molecule has 9 heteroatoms. The predicted octanol–water partition coefficient (Wildman–Crippen LogP) is 7.47. The van der Waals surface area contributed by atoms with Gasteiger partial charge >= 0.3 is 0 Å².